The Morgan fingerprint density at radius 2 is 1.81 bits per heavy atom. The van der Waals surface area contributed by atoms with Crippen molar-refractivity contribution in [1.82, 2.24) is 5.32 Å². The fourth-order valence-corrected chi connectivity index (χ4v) is 2.56. The number of hydrogen-bond acceptors (Lipinski definition) is 6. The molecule has 0 aliphatic carbocycles. The van der Waals surface area contributed by atoms with E-state index in [9.17, 15) is 14.7 Å². The molecule has 0 spiro atoms. The number of ether oxygens (including phenoxy) is 1. The molecule has 1 aliphatic heterocycles. The molecule has 0 atom stereocenters. The smallest absolute Gasteiger partial charge is 0.492 e. The Morgan fingerprint density at radius 1 is 1.22 bits per heavy atom. The molecule has 2 rings (SSSR count). The van der Waals surface area contributed by atoms with Gasteiger partial charge in [-0.05, 0) is 50.9 Å². The zero-order valence-electron chi connectivity index (χ0n) is 16.6. The molecule has 1 aromatic carbocycles. The number of hydrogen-bond donors (Lipinski definition) is 2. The predicted octanol–water partition coefficient (Wildman–Crippen LogP) is 2.33. The number of benzene rings is 1. The van der Waals surface area contributed by atoms with E-state index < -0.39 is 24.3 Å². The van der Waals surface area contributed by atoms with Crippen LogP contribution in [-0.4, -0.2) is 49.0 Å². The Morgan fingerprint density at radius 3 is 2.30 bits per heavy atom. The lowest BCUT2D eigenvalue weighted by atomic mass is 9.77. The first-order chi connectivity index (χ1) is 12.5. The Kier molecular flexibility index (Phi) is 6.02. The summed E-state index contributed by atoms with van der Waals surface area (Å²) in [6.45, 7) is 9.44. The molecule has 1 amide bonds. The highest BCUT2D eigenvalue weighted by Crippen LogP contribution is 2.38. The maximum Gasteiger partial charge on any atom is 0.492 e. The summed E-state index contributed by atoms with van der Waals surface area (Å²) >= 11 is 0. The second-order valence-electron chi connectivity index (χ2n) is 7.49. The number of carbonyl (C=O) groups is 2. The molecule has 146 valence electrons. The summed E-state index contributed by atoms with van der Waals surface area (Å²) in [5.41, 5.74) is 0.353. The van der Waals surface area contributed by atoms with Crippen molar-refractivity contribution in [2.45, 2.75) is 45.8 Å². The van der Waals surface area contributed by atoms with Gasteiger partial charge in [-0.3, -0.25) is 4.79 Å². The van der Waals surface area contributed by atoms with Gasteiger partial charge < -0.3 is 24.5 Å². The van der Waals surface area contributed by atoms with Gasteiger partial charge in [0, 0.05) is 13.5 Å². The van der Waals surface area contributed by atoms with Gasteiger partial charge in [0.2, 0.25) is 5.91 Å². The summed E-state index contributed by atoms with van der Waals surface area (Å²) in [5, 5.41) is 12.8. The van der Waals surface area contributed by atoms with E-state index in [1.54, 1.807) is 12.1 Å². The predicted molar refractivity (Wildman–Crippen MR) is 102 cm³/mol. The third-order valence-electron chi connectivity index (χ3n) is 4.88. The van der Waals surface area contributed by atoms with Crippen LogP contribution in [0.1, 0.15) is 50.5 Å². The van der Waals surface area contributed by atoms with E-state index in [1.807, 2.05) is 27.7 Å². The lowest BCUT2D eigenvalue weighted by Crippen LogP contribution is -2.41. The molecule has 1 aliphatic rings. The number of esters is 1. The van der Waals surface area contributed by atoms with Crippen LogP contribution in [-0.2, 0) is 18.8 Å². The zero-order chi connectivity index (χ0) is 20.4. The van der Waals surface area contributed by atoms with Crippen molar-refractivity contribution >= 4 is 25.1 Å². The minimum atomic E-state index is -0.649. The van der Waals surface area contributed by atoms with Crippen LogP contribution in [0.5, 0.6) is 5.75 Å². The van der Waals surface area contributed by atoms with Crippen molar-refractivity contribution in [3.63, 3.8) is 0 Å². The Labute approximate surface area is 159 Å². The van der Waals surface area contributed by atoms with E-state index in [4.69, 9.17) is 9.31 Å². The first-order valence-corrected chi connectivity index (χ1v) is 8.69. The van der Waals surface area contributed by atoms with E-state index in [0.29, 0.717) is 11.0 Å². The van der Waals surface area contributed by atoms with Crippen LogP contribution in [0, 0.1) is 0 Å². The van der Waals surface area contributed by atoms with Crippen molar-refractivity contribution in [3.05, 3.63) is 34.8 Å². The normalized spacial score (nSPS) is 18.3. The molecule has 0 unspecified atom stereocenters. The minimum Gasteiger partial charge on any atom is -0.507 e. The second kappa shape index (κ2) is 7.74. The lowest BCUT2D eigenvalue weighted by molar-refractivity contribution is -0.118. The number of phenolic OH excluding ortho intramolecular Hbond substituents is 1. The molecule has 2 N–H and O–H groups in total. The van der Waals surface area contributed by atoms with Crippen LogP contribution in [0.2, 0.25) is 0 Å². The standard InChI is InChI=1S/C19H26BNO6/c1-12(22)21-11-14(20-26-18(2,3)19(4,5)27-20)9-13-7-8-15(16(23)10-13)17(24)25-6/h7-10,23H,11H2,1-6H3,(H,21,22). The number of nitrogens with one attached hydrogen (secondary N) is 1. The van der Waals surface area contributed by atoms with Crippen molar-refractivity contribution in [2.75, 3.05) is 13.7 Å². The fraction of sp³-hybridized carbons (Fsp3) is 0.474. The second-order valence-corrected chi connectivity index (χ2v) is 7.49. The highest BCUT2D eigenvalue weighted by Gasteiger charge is 2.52. The zero-order valence-corrected chi connectivity index (χ0v) is 16.6. The summed E-state index contributed by atoms with van der Waals surface area (Å²) in [5.74, 6) is -0.989. The van der Waals surface area contributed by atoms with Crippen LogP contribution in [0.25, 0.3) is 6.08 Å². The van der Waals surface area contributed by atoms with E-state index in [0.717, 1.165) is 0 Å². The SMILES string of the molecule is COC(=O)c1ccc(C=C(CNC(C)=O)B2OC(C)(C)C(C)(C)O2)cc1O. The Bertz CT molecular complexity index is 755. The quantitative estimate of drug-likeness (QED) is 0.606. The molecular weight excluding hydrogens is 349 g/mol. The summed E-state index contributed by atoms with van der Waals surface area (Å²) in [7, 11) is 0.601. The average molecular weight is 375 g/mol. The van der Waals surface area contributed by atoms with Crippen molar-refractivity contribution in [2.24, 2.45) is 0 Å². The van der Waals surface area contributed by atoms with Gasteiger partial charge in [-0.2, -0.15) is 0 Å². The van der Waals surface area contributed by atoms with Crippen LogP contribution in [0.4, 0.5) is 0 Å². The number of amides is 1. The topological polar surface area (TPSA) is 94.1 Å². The van der Waals surface area contributed by atoms with Gasteiger partial charge in [-0.15, -0.1) is 0 Å². The highest BCUT2D eigenvalue weighted by atomic mass is 16.7. The Balaban J connectivity index is 2.35. The summed E-state index contributed by atoms with van der Waals surface area (Å²) in [6, 6.07) is 4.60. The van der Waals surface area contributed by atoms with Gasteiger partial charge in [0.15, 0.2) is 0 Å². The first kappa shape index (κ1) is 21.0. The molecule has 1 fully saturated rings. The van der Waals surface area contributed by atoms with E-state index >= 15 is 0 Å². The molecule has 1 saturated heterocycles. The molecule has 8 heteroatoms. The molecule has 0 aromatic heterocycles. The number of carbonyl (C=O) groups excluding carboxylic acids is 2. The largest absolute Gasteiger partial charge is 0.507 e. The number of methoxy groups -OCH3 is 1. The number of aromatic hydroxyl groups is 1. The maximum absolute atomic E-state index is 11.6. The van der Waals surface area contributed by atoms with E-state index in [2.05, 4.69) is 10.1 Å². The molecule has 0 bridgehead atoms. The van der Waals surface area contributed by atoms with Crippen molar-refractivity contribution in [1.29, 1.82) is 0 Å². The monoisotopic (exact) mass is 375 g/mol. The van der Waals surface area contributed by atoms with Crippen LogP contribution >= 0.6 is 0 Å². The van der Waals surface area contributed by atoms with Gasteiger partial charge in [0.05, 0.1) is 18.3 Å². The van der Waals surface area contributed by atoms with Gasteiger partial charge in [0.25, 0.3) is 0 Å². The molecule has 27 heavy (non-hydrogen) atoms. The lowest BCUT2D eigenvalue weighted by Gasteiger charge is -2.32. The van der Waals surface area contributed by atoms with Gasteiger partial charge >= 0.3 is 13.1 Å². The fourth-order valence-electron chi connectivity index (χ4n) is 2.56. The van der Waals surface area contributed by atoms with Gasteiger partial charge in [0.1, 0.15) is 11.3 Å². The van der Waals surface area contributed by atoms with Gasteiger partial charge in [-0.25, -0.2) is 4.79 Å². The molecular formula is C19H26BNO6. The minimum absolute atomic E-state index is 0.0775. The maximum atomic E-state index is 11.6. The summed E-state index contributed by atoms with van der Waals surface area (Å²) in [4.78, 5) is 23.0. The molecule has 0 radical (unpaired) electrons. The number of phenols is 1. The summed E-state index contributed by atoms with van der Waals surface area (Å²) < 4.78 is 16.8. The third-order valence-corrected chi connectivity index (χ3v) is 4.88. The van der Waals surface area contributed by atoms with Crippen LogP contribution in [0.3, 0.4) is 0 Å². The molecule has 1 heterocycles. The van der Waals surface area contributed by atoms with Crippen molar-refractivity contribution in [3.8, 4) is 5.75 Å². The summed E-state index contributed by atoms with van der Waals surface area (Å²) in [6.07, 6.45) is 1.76. The highest BCUT2D eigenvalue weighted by molar-refractivity contribution is 6.56. The molecule has 1 aromatic rings. The van der Waals surface area contributed by atoms with Gasteiger partial charge in [-0.1, -0.05) is 12.1 Å². The average Bonchev–Trinajstić information content (AvgIpc) is 2.78. The number of rotatable bonds is 5. The third kappa shape index (κ3) is 4.70. The van der Waals surface area contributed by atoms with Crippen molar-refractivity contribution < 1.29 is 28.7 Å². The van der Waals surface area contributed by atoms with Crippen LogP contribution < -0.4 is 5.32 Å². The van der Waals surface area contributed by atoms with Crippen LogP contribution in [0.15, 0.2) is 23.7 Å². The first-order valence-electron chi connectivity index (χ1n) is 8.69. The van der Waals surface area contributed by atoms with E-state index in [-0.39, 0.29) is 23.8 Å². The van der Waals surface area contributed by atoms with E-state index in [1.165, 1.54) is 26.2 Å². The molecule has 0 saturated carbocycles. The Hall–Kier alpha value is -2.32. The molecule has 7 nitrogen and oxygen atoms in total.